The first kappa shape index (κ1) is 15.4. The molecule has 2 aromatic rings. The Morgan fingerprint density at radius 1 is 0.952 bits per heavy atom. The van der Waals surface area contributed by atoms with Crippen molar-refractivity contribution < 1.29 is 9.47 Å². The fourth-order valence-electron chi connectivity index (χ4n) is 2.37. The van der Waals surface area contributed by atoms with Crippen molar-refractivity contribution in [1.29, 1.82) is 0 Å². The van der Waals surface area contributed by atoms with Crippen LogP contribution < -0.4 is 14.8 Å². The number of hydrogen-bond acceptors (Lipinski definition) is 3. The van der Waals surface area contributed by atoms with Crippen molar-refractivity contribution in [1.82, 2.24) is 5.32 Å². The lowest BCUT2D eigenvalue weighted by Gasteiger charge is -2.26. The molecule has 2 unspecified atom stereocenters. The average molecular weight is 285 g/mol. The molecule has 0 aliphatic carbocycles. The Hall–Kier alpha value is -2.00. The minimum Gasteiger partial charge on any atom is -0.497 e. The number of methoxy groups -OCH3 is 1. The van der Waals surface area contributed by atoms with E-state index in [2.05, 4.69) is 43.4 Å². The molecule has 112 valence electrons. The molecule has 3 heteroatoms. The van der Waals surface area contributed by atoms with Gasteiger partial charge in [0.15, 0.2) is 0 Å². The third-order valence-electron chi connectivity index (χ3n) is 3.43. The molecule has 0 heterocycles. The highest BCUT2D eigenvalue weighted by atomic mass is 16.5. The highest BCUT2D eigenvalue weighted by Crippen LogP contribution is 2.23. The van der Waals surface area contributed by atoms with Gasteiger partial charge in [0.25, 0.3) is 0 Å². The summed E-state index contributed by atoms with van der Waals surface area (Å²) in [7, 11) is 1.66. The second-order valence-corrected chi connectivity index (χ2v) is 4.94. The zero-order chi connectivity index (χ0) is 15.1. The number of likely N-dealkylation sites (N-methyl/N-ethyl adjacent to an activating group) is 1. The maximum Gasteiger partial charge on any atom is 0.120 e. The first-order valence-corrected chi connectivity index (χ1v) is 7.33. The van der Waals surface area contributed by atoms with Crippen LogP contribution in [0.15, 0.2) is 54.6 Å². The van der Waals surface area contributed by atoms with Gasteiger partial charge in [-0.25, -0.2) is 0 Å². The molecular weight excluding hydrogens is 262 g/mol. The Morgan fingerprint density at radius 2 is 1.57 bits per heavy atom. The van der Waals surface area contributed by atoms with Gasteiger partial charge in [-0.05, 0) is 43.3 Å². The van der Waals surface area contributed by atoms with Crippen molar-refractivity contribution in [3.8, 4) is 11.5 Å². The molecule has 0 fully saturated rings. The molecule has 0 amide bonds. The van der Waals surface area contributed by atoms with Crippen molar-refractivity contribution >= 4 is 0 Å². The van der Waals surface area contributed by atoms with Gasteiger partial charge in [-0.1, -0.05) is 37.3 Å². The van der Waals surface area contributed by atoms with E-state index in [1.807, 2.05) is 30.3 Å². The van der Waals surface area contributed by atoms with E-state index in [0.717, 1.165) is 18.0 Å². The number of benzene rings is 2. The molecule has 0 aliphatic rings. The highest BCUT2D eigenvalue weighted by molar-refractivity contribution is 5.31. The van der Waals surface area contributed by atoms with Crippen molar-refractivity contribution in [2.24, 2.45) is 0 Å². The minimum absolute atomic E-state index is 0.0285. The summed E-state index contributed by atoms with van der Waals surface area (Å²) in [5.41, 5.74) is 1.24. The standard InChI is InChI=1S/C18H23NO2/c1-4-19-18(15-8-6-5-7-9-15)14(2)21-17-12-10-16(20-3)11-13-17/h5-14,18-19H,4H2,1-3H3. The lowest BCUT2D eigenvalue weighted by molar-refractivity contribution is 0.171. The van der Waals surface area contributed by atoms with E-state index in [0.29, 0.717) is 0 Å². The summed E-state index contributed by atoms with van der Waals surface area (Å²) in [5, 5.41) is 3.49. The molecule has 1 N–H and O–H groups in total. The molecule has 2 rings (SSSR count). The van der Waals surface area contributed by atoms with Gasteiger partial charge in [-0.3, -0.25) is 0 Å². The normalized spacial score (nSPS) is 13.5. The molecule has 2 atom stereocenters. The zero-order valence-corrected chi connectivity index (χ0v) is 12.9. The summed E-state index contributed by atoms with van der Waals surface area (Å²) in [6.45, 7) is 5.09. The van der Waals surface area contributed by atoms with E-state index in [-0.39, 0.29) is 12.1 Å². The molecule has 0 bridgehead atoms. The number of nitrogens with one attached hydrogen (secondary N) is 1. The fourth-order valence-corrected chi connectivity index (χ4v) is 2.37. The molecule has 0 spiro atoms. The van der Waals surface area contributed by atoms with Gasteiger partial charge in [0, 0.05) is 0 Å². The van der Waals surface area contributed by atoms with Crippen LogP contribution in [0, 0.1) is 0 Å². The molecule has 0 radical (unpaired) electrons. The van der Waals surface area contributed by atoms with Gasteiger partial charge < -0.3 is 14.8 Å². The van der Waals surface area contributed by atoms with E-state index in [1.54, 1.807) is 7.11 Å². The lowest BCUT2D eigenvalue weighted by Crippen LogP contribution is -2.33. The lowest BCUT2D eigenvalue weighted by atomic mass is 10.0. The first-order valence-electron chi connectivity index (χ1n) is 7.33. The Balaban J connectivity index is 2.09. The predicted octanol–water partition coefficient (Wildman–Crippen LogP) is 3.81. The number of ether oxygens (including phenoxy) is 2. The SMILES string of the molecule is CCNC(c1ccccc1)C(C)Oc1ccc(OC)cc1. The second kappa shape index (κ2) is 7.70. The maximum atomic E-state index is 6.06. The summed E-state index contributed by atoms with van der Waals surface area (Å²) >= 11 is 0. The predicted molar refractivity (Wildman–Crippen MR) is 85.9 cm³/mol. The van der Waals surface area contributed by atoms with Crippen LogP contribution in [0.2, 0.25) is 0 Å². The van der Waals surface area contributed by atoms with Crippen LogP contribution in [0.3, 0.4) is 0 Å². The second-order valence-electron chi connectivity index (χ2n) is 4.94. The van der Waals surface area contributed by atoms with Gasteiger partial charge in [0.1, 0.15) is 17.6 Å². The molecule has 3 nitrogen and oxygen atoms in total. The van der Waals surface area contributed by atoms with Crippen LogP contribution in [-0.2, 0) is 0 Å². The van der Waals surface area contributed by atoms with Gasteiger partial charge in [0.2, 0.25) is 0 Å². The van der Waals surface area contributed by atoms with Gasteiger partial charge >= 0.3 is 0 Å². The Labute approximate surface area is 126 Å². The third-order valence-corrected chi connectivity index (χ3v) is 3.43. The third kappa shape index (κ3) is 4.23. The summed E-state index contributed by atoms with van der Waals surface area (Å²) in [4.78, 5) is 0. The summed E-state index contributed by atoms with van der Waals surface area (Å²) in [6, 6.07) is 18.2. The maximum absolute atomic E-state index is 6.06. The highest BCUT2D eigenvalue weighted by Gasteiger charge is 2.19. The Kier molecular flexibility index (Phi) is 5.64. The molecular formula is C18H23NO2. The van der Waals surface area contributed by atoms with Crippen LogP contribution in [0.1, 0.15) is 25.5 Å². The van der Waals surface area contributed by atoms with Crippen LogP contribution in [0.5, 0.6) is 11.5 Å². The van der Waals surface area contributed by atoms with Crippen molar-refractivity contribution in [2.75, 3.05) is 13.7 Å². The van der Waals surface area contributed by atoms with Crippen LogP contribution in [0.25, 0.3) is 0 Å². The molecule has 2 aromatic carbocycles. The van der Waals surface area contributed by atoms with Crippen LogP contribution >= 0.6 is 0 Å². The minimum atomic E-state index is 0.0285. The average Bonchev–Trinajstić information content (AvgIpc) is 2.54. The molecule has 0 aliphatic heterocycles. The fraction of sp³-hybridized carbons (Fsp3) is 0.333. The van der Waals surface area contributed by atoms with Gasteiger partial charge in [-0.15, -0.1) is 0 Å². The largest absolute Gasteiger partial charge is 0.497 e. The summed E-state index contributed by atoms with van der Waals surface area (Å²) in [5.74, 6) is 1.68. The summed E-state index contributed by atoms with van der Waals surface area (Å²) < 4.78 is 11.2. The van der Waals surface area contributed by atoms with E-state index < -0.39 is 0 Å². The summed E-state index contributed by atoms with van der Waals surface area (Å²) in [6.07, 6.45) is 0.0285. The van der Waals surface area contributed by atoms with E-state index in [4.69, 9.17) is 9.47 Å². The molecule has 0 aromatic heterocycles. The van der Waals surface area contributed by atoms with Gasteiger partial charge in [-0.2, -0.15) is 0 Å². The molecule has 0 saturated carbocycles. The quantitative estimate of drug-likeness (QED) is 0.839. The Morgan fingerprint density at radius 3 is 2.14 bits per heavy atom. The molecule has 21 heavy (non-hydrogen) atoms. The zero-order valence-electron chi connectivity index (χ0n) is 12.9. The topological polar surface area (TPSA) is 30.5 Å². The van der Waals surface area contributed by atoms with Crippen molar-refractivity contribution in [3.05, 3.63) is 60.2 Å². The number of rotatable bonds is 7. The van der Waals surface area contributed by atoms with Crippen molar-refractivity contribution in [3.63, 3.8) is 0 Å². The van der Waals surface area contributed by atoms with Gasteiger partial charge in [0.05, 0.1) is 13.2 Å². The van der Waals surface area contributed by atoms with Crippen molar-refractivity contribution in [2.45, 2.75) is 26.0 Å². The number of hydrogen-bond donors (Lipinski definition) is 1. The van der Waals surface area contributed by atoms with E-state index >= 15 is 0 Å². The van der Waals surface area contributed by atoms with E-state index in [1.165, 1.54) is 5.56 Å². The monoisotopic (exact) mass is 285 g/mol. The first-order chi connectivity index (χ1) is 10.2. The van der Waals surface area contributed by atoms with Crippen LogP contribution in [-0.4, -0.2) is 19.8 Å². The molecule has 0 saturated heterocycles. The Bertz CT molecular complexity index is 525. The van der Waals surface area contributed by atoms with Crippen LogP contribution in [0.4, 0.5) is 0 Å². The smallest absolute Gasteiger partial charge is 0.120 e. The van der Waals surface area contributed by atoms with E-state index in [9.17, 15) is 0 Å².